The fourth-order valence-corrected chi connectivity index (χ4v) is 2.97. The summed E-state index contributed by atoms with van der Waals surface area (Å²) in [5.41, 5.74) is 0. The van der Waals surface area contributed by atoms with Gasteiger partial charge in [-0.15, -0.1) is 0 Å². The minimum Gasteiger partial charge on any atom is -0.481 e. The van der Waals surface area contributed by atoms with Gasteiger partial charge in [0.05, 0.1) is 40.1 Å². The Balaban J connectivity index is 3.97. The van der Waals surface area contributed by atoms with Gasteiger partial charge in [0, 0.05) is 0 Å². The fourth-order valence-electron chi connectivity index (χ4n) is 2.97. The number of aliphatic carboxylic acids is 1. The molecule has 6 nitrogen and oxygen atoms in total. The summed E-state index contributed by atoms with van der Waals surface area (Å²) in [6, 6.07) is 0. The Morgan fingerprint density at radius 1 is 0.966 bits per heavy atom. The predicted molar refractivity (Wildman–Crippen MR) is 117 cm³/mol. The number of carbonyl (C=O) groups excluding carboxylic acids is 1. The molecule has 29 heavy (non-hydrogen) atoms. The van der Waals surface area contributed by atoms with Gasteiger partial charge in [0.2, 0.25) is 0 Å². The summed E-state index contributed by atoms with van der Waals surface area (Å²) in [7, 11) is 5.74. The van der Waals surface area contributed by atoms with Gasteiger partial charge in [0.1, 0.15) is 6.54 Å². The van der Waals surface area contributed by atoms with E-state index in [1.807, 2.05) is 21.1 Å². The molecule has 0 unspecified atom stereocenters. The molecule has 0 aliphatic carbocycles. The summed E-state index contributed by atoms with van der Waals surface area (Å²) in [5, 5.41) is 19.0. The van der Waals surface area contributed by atoms with Crippen LogP contribution in [-0.2, 0) is 14.3 Å². The van der Waals surface area contributed by atoms with E-state index in [0.717, 1.165) is 38.5 Å². The van der Waals surface area contributed by atoms with Gasteiger partial charge in [-0.05, 0) is 32.1 Å². The number of carboxylic acid groups (broad SMARTS) is 1. The highest BCUT2D eigenvalue weighted by Gasteiger charge is 2.25. The molecule has 0 saturated carbocycles. The molecule has 0 aliphatic rings. The normalized spacial score (nSPS) is 14.4. The van der Waals surface area contributed by atoms with Crippen LogP contribution in [-0.4, -0.2) is 66.5 Å². The van der Waals surface area contributed by atoms with Crippen LogP contribution in [0.25, 0.3) is 0 Å². The average Bonchev–Trinajstić information content (AvgIpc) is 2.57. The smallest absolute Gasteiger partial charge is 0.308 e. The van der Waals surface area contributed by atoms with Crippen LogP contribution >= 0.6 is 0 Å². The van der Waals surface area contributed by atoms with Crippen molar-refractivity contribution in [3.63, 3.8) is 0 Å². The maximum Gasteiger partial charge on any atom is 0.308 e. The second-order valence-electron chi connectivity index (χ2n) is 8.65. The second-order valence-corrected chi connectivity index (χ2v) is 8.65. The number of allylic oxidation sites excluding steroid dienone is 4. The molecular formula is C23H42NO5+. The first-order valence-electron chi connectivity index (χ1n) is 10.8. The van der Waals surface area contributed by atoms with Crippen LogP contribution < -0.4 is 0 Å². The maximum atomic E-state index is 12.0. The Labute approximate surface area is 176 Å². The third kappa shape index (κ3) is 19.4. The van der Waals surface area contributed by atoms with Crippen LogP contribution in [0.3, 0.4) is 0 Å². The maximum absolute atomic E-state index is 12.0. The largest absolute Gasteiger partial charge is 0.481 e. The number of unbranched alkanes of at least 4 members (excludes halogenated alkanes) is 4. The number of aliphatic hydroxyl groups excluding tert-OH is 1. The molecule has 0 spiro atoms. The Morgan fingerprint density at radius 3 is 2.21 bits per heavy atom. The highest BCUT2D eigenvalue weighted by Crippen LogP contribution is 2.12. The molecule has 0 radical (unpaired) electrons. The first kappa shape index (κ1) is 27.3. The van der Waals surface area contributed by atoms with E-state index in [2.05, 4.69) is 31.2 Å². The summed E-state index contributed by atoms with van der Waals surface area (Å²) in [6.45, 7) is 2.58. The Morgan fingerprint density at radius 2 is 1.62 bits per heavy atom. The fraction of sp³-hybridized carbons (Fsp3) is 0.739. The van der Waals surface area contributed by atoms with E-state index in [1.54, 1.807) is 0 Å². The summed E-state index contributed by atoms with van der Waals surface area (Å²) in [6.07, 6.45) is 14.9. The molecule has 0 rings (SSSR count). The van der Waals surface area contributed by atoms with Crippen molar-refractivity contribution >= 4 is 11.9 Å². The number of ether oxygens (including phenoxy) is 1. The number of carboxylic acids is 1. The quantitative estimate of drug-likeness (QED) is 0.163. The molecule has 6 heteroatoms. The highest BCUT2D eigenvalue weighted by atomic mass is 16.5. The molecule has 0 saturated heterocycles. The molecule has 168 valence electrons. The average molecular weight is 413 g/mol. The lowest BCUT2D eigenvalue weighted by atomic mass is 10.1. The molecule has 0 aliphatic heterocycles. The molecule has 0 aromatic rings. The van der Waals surface area contributed by atoms with Gasteiger partial charge in [0.25, 0.3) is 0 Å². The van der Waals surface area contributed by atoms with Crippen LogP contribution in [0, 0.1) is 0 Å². The zero-order chi connectivity index (χ0) is 22.1. The summed E-state index contributed by atoms with van der Waals surface area (Å²) >= 11 is 0. The Kier molecular flexibility index (Phi) is 15.2. The van der Waals surface area contributed by atoms with Crippen molar-refractivity contribution in [3.05, 3.63) is 24.3 Å². The van der Waals surface area contributed by atoms with Crippen molar-refractivity contribution in [2.24, 2.45) is 0 Å². The summed E-state index contributed by atoms with van der Waals surface area (Å²) in [5.74, 6) is -1.53. The van der Waals surface area contributed by atoms with E-state index in [1.165, 1.54) is 6.42 Å². The van der Waals surface area contributed by atoms with Gasteiger partial charge in [-0.2, -0.15) is 0 Å². The summed E-state index contributed by atoms with van der Waals surface area (Å²) < 4.78 is 5.80. The van der Waals surface area contributed by atoms with Crippen LogP contribution in [0.4, 0.5) is 0 Å². The van der Waals surface area contributed by atoms with Crippen LogP contribution in [0.15, 0.2) is 24.3 Å². The summed E-state index contributed by atoms with van der Waals surface area (Å²) in [4.78, 5) is 23.0. The van der Waals surface area contributed by atoms with E-state index in [9.17, 15) is 14.7 Å². The predicted octanol–water partition coefficient (Wildman–Crippen LogP) is 4.08. The van der Waals surface area contributed by atoms with Gasteiger partial charge < -0.3 is 19.4 Å². The molecule has 0 aromatic heterocycles. The van der Waals surface area contributed by atoms with Crippen molar-refractivity contribution in [2.45, 2.75) is 83.3 Å². The van der Waals surface area contributed by atoms with Gasteiger partial charge in [-0.25, -0.2) is 0 Å². The standard InChI is InChI=1S/C23H41NO5/c1-5-6-7-8-9-10-11-12-13-14-15-16-20(25)17-23(28)29-21(18-22(26)27)19-24(2,3)4/h7-8,10-11,20-21,25H,5-6,9,12-19H2,1-4H3/p+1/b8-7-,11-10-/t20-,21-/m1/s1. The highest BCUT2D eigenvalue weighted by molar-refractivity contribution is 5.71. The number of aliphatic hydroxyl groups is 1. The van der Waals surface area contributed by atoms with Crippen molar-refractivity contribution < 1.29 is 29.0 Å². The van der Waals surface area contributed by atoms with Crippen molar-refractivity contribution in [3.8, 4) is 0 Å². The van der Waals surface area contributed by atoms with Crippen molar-refractivity contribution in [1.29, 1.82) is 0 Å². The number of hydrogen-bond acceptors (Lipinski definition) is 4. The lowest BCUT2D eigenvalue weighted by Crippen LogP contribution is -2.44. The van der Waals surface area contributed by atoms with E-state index >= 15 is 0 Å². The van der Waals surface area contributed by atoms with Crippen LogP contribution in [0.2, 0.25) is 0 Å². The van der Waals surface area contributed by atoms with E-state index in [0.29, 0.717) is 17.4 Å². The molecule has 0 amide bonds. The number of hydrogen-bond donors (Lipinski definition) is 2. The van der Waals surface area contributed by atoms with Gasteiger partial charge in [0.15, 0.2) is 6.10 Å². The number of rotatable bonds is 17. The number of esters is 1. The minimum absolute atomic E-state index is 0.0861. The second kappa shape index (κ2) is 16.2. The van der Waals surface area contributed by atoms with Crippen molar-refractivity contribution in [2.75, 3.05) is 27.7 Å². The number of nitrogens with zero attached hydrogens (tertiary/aromatic N) is 1. The lowest BCUT2D eigenvalue weighted by molar-refractivity contribution is -0.873. The Bertz CT molecular complexity index is 508. The van der Waals surface area contributed by atoms with E-state index in [4.69, 9.17) is 9.84 Å². The number of quaternary nitrogens is 1. The molecule has 2 atom stereocenters. The number of carbonyl (C=O) groups is 2. The third-order valence-corrected chi connectivity index (χ3v) is 4.32. The van der Waals surface area contributed by atoms with Gasteiger partial charge in [-0.3, -0.25) is 9.59 Å². The molecule has 2 N–H and O–H groups in total. The molecule has 0 bridgehead atoms. The van der Waals surface area contributed by atoms with Gasteiger partial charge >= 0.3 is 11.9 Å². The lowest BCUT2D eigenvalue weighted by Gasteiger charge is -2.28. The van der Waals surface area contributed by atoms with Crippen molar-refractivity contribution in [1.82, 2.24) is 0 Å². The zero-order valence-corrected chi connectivity index (χ0v) is 18.8. The SMILES string of the molecule is CCC/C=C\C/C=C\CCCCC[C@@H](O)CC(=O)O[C@H](CC(=O)O)C[N+](C)(C)C. The monoisotopic (exact) mass is 412 g/mol. The molecular weight excluding hydrogens is 370 g/mol. The van der Waals surface area contributed by atoms with E-state index in [-0.39, 0.29) is 12.8 Å². The van der Waals surface area contributed by atoms with Crippen LogP contribution in [0.1, 0.15) is 71.1 Å². The molecule has 0 heterocycles. The third-order valence-electron chi connectivity index (χ3n) is 4.32. The van der Waals surface area contributed by atoms with Gasteiger partial charge in [-0.1, -0.05) is 50.5 Å². The number of likely N-dealkylation sites (N-methyl/N-ethyl adjacent to an activating group) is 1. The first-order chi connectivity index (χ1) is 13.6. The zero-order valence-electron chi connectivity index (χ0n) is 18.8. The molecule has 0 fully saturated rings. The minimum atomic E-state index is -0.997. The first-order valence-corrected chi connectivity index (χ1v) is 10.8. The molecule has 0 aromatic carbocycles. The topological polar surface area (TPSA) is 83.8 Å². The van der Waals surface area contributed by atoms with E-state index < -0.39 is 24.1 Å². The Hall–Kier alpha value is -1.66. The van der Waals surface area contributed by atoms with Crippen LogP contribution in [0.5, 0.6) is 0 Å².